The van der Waals surface area contributed by atoms with Crippen molar-refractivity contribution < 1.29 is 9.53 Å². The highest BCUT2D eigenvalue weighted by Gasteiger charge is 2.05. The molecule has 1 amide bonds. The van der Waals surface area contributed by atoms with E-state index in [-0.39, 0.29) is 12.5 Å². The number of amides is 1. The van der Waals surface area contributed by atoms with Crippen molar-refractivity contribution in [2.75, 3.05) is 11.9 Å². The molecule has 3 rings (SSSR count). The van der Waals surface area contributed by atoms with Crippen LogP contribution in [0, 0.1) is 0 Å². The van der Waals surface area contributed by atoms with Gasteiger partial charge in [-0.25, -0.2) is 4.98 Å². The van der Waals surface area contributed by atoms with Gasteiger partial charge < -0.3 is 15.0 Å². The zero-order valence-corrected chi connectivity index (χ0v) is 12.6. The first kappa shape index (κ1) is 13.6. The van der Waals surface area contributed by atoms with Crippen molar-refractivity contribution in [3.05, 3.63) is 53.3 Å². The molecule has 1 heterocycles. The number of anilines is 1. The molecule has 0 saturated heterocycles. The molecule has 0 fully saturated rings. The number of carbonyl (C=O) groups excluding carboxylic acids is 1. The summed E-state index contributed by atoms with van der Waals surface area (Å²) in [7, 11) is 0. The molecular formula is C15H12BrN3O2. The predicted molar refractivity (Wildman–Crippen MR) is 84.4 cm³/mol. The Bertz CT molecular complexity index is 768. The summed E-state index contributed by atoms with van der Waals surface area (Å²) in [6.07, 6.45) is 1.62. The van der Waals surface area contributed by atoms with Crippen molar-refractivity contribution in [1.29, 1.82) is 0 Å². The minimum atomic E-state index is -0.211. The molecule has 0 aliphatic heterocycles. The van der Waals surface area contributed by atoms with E-state index in [4.69, 9.17) is 4.74 Å². The SMILES string of the molecule is O=C(COc1ccc(Br)cc1)Nc1ccc2nc[nH]c2c1. The van der Waals surface area contributed by atoms with E-state index in [2.05, 4.69) is 31.2 Å². The molecular weight excluding hydrogens is 334 g/mol. The van der Waals surface area contributed by atoms with Gasteiger partial charge in [0.2, 0.25) is 0 Å². The summed E-state index contributed by atoms with van der Waals surface area (Å²) in [5, 5.41) is 2.78. The number of carbonyl (C=O) groups is 1. The molecule has 3 aromatic rings. The number of H-pyrrole nitrogens is 1. The fourth-order valence-corrected chi connectivity index (χ4v) is 2.15. The largest absolute Gasteiger partial charge is 0.484 e. The summed E-state index contributed by atoms with van der Waals surface area (Å²) in [6.45, 7) is -0.0390. The molecule has 5 nitrogen and oxygen atoms in total. The average molecular weight is 346 g/mol. The van der Waals surface area contributed by atoms with Crippen LogP contribution in [0.5, 0.6) is 5.75 Å². The number of hydrogen-bond acceptors (Lipinski definition) is 3. The molecule has 0 aliphatic rings. The van der Waals surface area contributed by atoms with E-state index in [1.54, 1.807) is 24.5 Å². The van der Waals surface area contributed by atoms with Crippen molar-refractivity contribution in [1.82, 2.24) is 9.97 Å². The van der Waals surface area contributed by atoms with Crippen molar-refractivity contribution >= 4 is 38.6 Å². The summed E-state index contributed by atoms with van der Waals surface area (Å²) in [5.41, 5.74) is 2.44. The first-order chi connectivity index (χ1) is 10.2. The van der Waals surface area contributed by atoms with E-state index < -0.39 is 0 Å². The van der Waals surface area contributed by atoms with Gasteiger partial charge in [0.05, 0.1) is 17.4 Å². The number of hydrogen-bond donors (Lipinski definition) is 2. The third-order valence-electron chi connectivity index (χ3n) is 2.89. The number of ether oxygens (including phenoxy) is 1. The lowest BCUT2D eigenvalue weighted by atomic mass is 10.3. The van der Waals surface area contributed by atoms with Crippen LogP contribution in [-0.2, 0) is 4.79 Å². The smallest absolute Gasteiger partial charge is 0.262 e. The Morgan fingerprint density at radius 3 is 2.86 bits per heavy atom. The highest BCUT2D eigenvalue weighted by atomic mass is 79.9. The summed E-state index contributed by atoms with van der Waals surface area (Å²) in [6, 6.07) is 12.8. The lowest BCUT2D eigenvalue weighted by molar-refractivity contribution is -0.118. The Morgan fingerprint density at radius 1 is 1.24 bits per heavy atom. The normalized spacial score (nSPS) is 10.5. The van der Waals surface area contributed by atoms with Crippen molar-refractivity contribution in [2.24, 2.45) is 0 Å². The second-order valence-electron chi connectivity index (χ2n) is 4.43. The molecule has 2 aromatic carbocycles. The van der Waals surface area contributed by atoms with Gasteiger partial charge in [-0.3, -0.25) is 4.79 Å². The first-order valence-electron chi connectivity index (χ1n) is 6.32. The number of benzene rings is 2. The van der Waals surface area contributed by atoms with Crippen LogP contribution in [0.15, 0.2) is 53.3 Å². The quantitative estimate of drug-likeness (QED) is 0.761. The topological polar surface area (TPSA) is 67.0 Å². The number of imidazole rings is 1. The second kappa shape index (κ2) is 5.97. The van der Waals surface area contributed by atoms with Crippen LogP contribution in [-0.4, -0.2) is 22.5 Å². The maximum Gasteiger partial charge on any atom is 0.262 e. The number of aromatic amines is 1. The Hall–Kier alpha value is -2.34. The number of aromatic nitrogens is 2. The maximum absolute atomic E-state index is 11.9. The van der Waals surface area contributed by atoms with Crippen LogP contribution < -0.4 is 10.1 Å². The lowest BCUT2D eigenvalue weighted by Gasteiger charge is -2.07. The molecule has 106 valence electrons. The Kier molecular flexibility index (Phi) is 3.87. The molecule has 0 aliphatic carbocycles. The number of rotatable bonds is 4. The minimum Gasteiger partial charge on any atom is -0.484 e. The van der Waals surface area contributed by atoms with E-state index >= 15 is 0 Å². The number of fused-ring (bicyclic) bond motifs is 1. The van der Waals surface area contributed by atoms with Gasteiger partial charge in [-0.2, -0.15) is 0 Å². The van der Waals surface area contributed by atoms with Crippen LogP contribution in [0.3, 0.4) is 0 Å². The molecule has 0 bridgehead atoms. The van der Waals surface area contributed by atoms with Crippen molar-refractivity contribution in [2.45, 2.75) is 0 Å². The zero-order valence-electron chi connectivity index (χ0n) is 11.0. The maximum atomic E-state index is 11.9. The van der Waals surface area contributed by atoms with Gasteiger partial charge >= 0.3 is 0 Å². The molecule has 0 atom stereocenters. The van der Waals surface area contributed by atoms with Crippen LogP contribution in [0.25, 0.3) is 11.0 Å². The number of nitrogens with one attached hydrogen (secondary N) is 2. The summed E-state index contributed by atoms with van der Waals surface area (Å²) >= 11 is 3.34. The molecule has 2 N–H and O–H groups in total. The third kappa shape index (κ3) is 3.41. The fraction of sp³-hybridized carbons (Fsp3) is 0.0667. The van der Waals surface area contributed by atoms with Crippen molar-refractivity contribution in [3.63, 3.8) is 0 Å². The molecule has 0 unspecified atom stereocenters. The molecule has 1 aromatic heterocycles. The van der Waals surface area contributed by atoms with Crippen LogP contribution in [0.4, 0.5) is 5.69 Å². The zero-order chi connectivity index (χ0) is 14.7. The van der Waals surface area contributed by atoms with Gasteiger partial charge in [0, 0.05) is 10.2 Å². The van der Waals surface area contributed by atoms with Gasteiger partial charge in [0.15, 0.2) is 6.61 Å². The van der Waals surface area contributed by atoms with E-state index in [0.29, 0.717) is 11.4 Å². The monoisotopic (exact) mass is 345 g/mol. The molecule has 0 saturated carbocycles. The fourth-order valence-electron chi connectivity index (χ4n) is 1.89. The van der Waals surface area contributed by atoms with E-state index in [1.165, 1.54) is 0 Å². The summed E-state index contributed by atoms with van der Waals surface area (Å²) < 4.78 is 6.38. The average Bonchev–Trinajstić information content (AvgIpc) is 2.94. The van der Waals surface area contributed by atoms with Gasteiger partial charge in [0.1, 0.15) is 5.75 Å². The molecule has 0 spiro atoms. The highest BCUT2D eigenvalue weighted by molar-refractivity contribution is 9.10. The lowest BCUT2D eigenvalue weighted by Crippen LogP contribution is -2.20. The predicted octanol–water partition coefficient (Wildman–Crippen LogP) is 3.34. The Labute approximate surface area is 129 Å². The molecule has 0 radical (unpaired) electrons. The van der Waals surface area contributed by atoms with E-state index in [9.17, 15) is 4.79 Å². The van der Waals surface area contributed by atoms with Crippen LogP contribution in [0.1, 0.15) is 0 Å². The standard InChI is InChI=1S/C15H12BrN3O2/c16-10-1-4-12(5-2-10)21-8-15(20)19-11-3-6-13-14(7-11)18-9-17-13/h1-7,9H,8H2,(H,17,18)(H,19,20). The molecule has 21 heavy (non-hydrogen) atoms. The van der Waals surface area contributed by atoms with Gasteiger partial charge in [-0.1, -0.05) is 15.9 Å². The van der Waals surface area contributed by atoms with Gasteiger partial charge in [-0.05, 0) is 42.5 Å². The highest BCUT2D eigenvalue weighted by Crippen LogP contribution is 2.17. The third-order valence-corrected chi connectivity index (χ3v) is 3.42. The van der Waals surface area contributed by atoms with Crippen LogP contribution >= 0.6 is 15.9 Å². The van der Waals surface area contributed by atoms with Crippen LogP contribution in [0.2, 0.25) is 0 Å². The van der Waals surface area contributed by atoms with Gasteiger partial charge in [0.25, 0.3) is 5.91 Å². The van der Waals surface area contributed by atoms with E-state index in [1.807, 2.05) is 24.3 Å². The van der Waals surface area contributed by atoms with Crippen molar-refractivity contribution in [3.8, 4) is 5.75 Å². The van der Waals surface area contributed by atoms with E-state index in [0.717, 1.165) is 15.5 Å². The summed E-state index contributed by atoms with van der Waals surface area (Å²) in [5.74, 6) is 0.439. The first-order valence-corrected chi connectivity index (χ1v) is 7.11. The minimum absolute atomic E-state index is 0.0390. The number of nitrogens with zero attached hydrogens (tertiary/aromatic N) is 1. The number of halogens is 1. The van der Waals surface area contributed by atoms with Gasteiger partial charge in [-0.15, -0.1) is 0 Å². The second-order valence-corrected chi connectivity index (χ2v) is 5.34. The Balaban J connectivity index is 1.59. The Morgan fingerprint density at radius 2 is 2.05 bits per heavy atom. The summed E-state index contributed by atoms with van der Waals surface area (Å²) in [4.78, 5) is 19.0. The molecule has 6 heteroatoms.